The van der Waals surface area contributed by atoms with E-state index in [4.69, 9.17) is 9.84 Å². The number of hydrogen-bond acceptors (Lipinski definition) is 3. The number of carboxylic acids is 1. The molecular formula is C19H12F6N2O3. The average molecular weight is 430 g/mol. The molecule has 0 saturated carbocycles. The smallest absolute Gasteiger partial charge is 0.416 e. The Morgan fingerprint density at radius 2 is 1.77 bits per heavy atom. The Kier molecular flexibility index (Phi) is 5.72. The molecule has 158 valence electrons. The Hall–Kier alpha value is -3.50. The van der Waals surface area contributed by atoms with Crippen molar-refractivity contribution in [1.29, 1.82) is 0 Å². The van der Waals surface area contributed by atoms with Crippen LogP contribution in [0.15, 0.2) is 42.9 Å². The summed E-state index contributed by atoms with van der Waals surface area (Å²) in [5.41, 5.74) is -1.89. The van der Waals surface area contributed by atoms with Crippen molar-refractivity contribution >= 4 is 5.97 Å². The molecule has 3 rings (SSSR count). The Morgan fingerprint density at radius 1 is 1.07 bits per heavy atom. The molecule has 0 saturated heterocycles. The van der Waals surface area contributed by atoms with E-state index in [2.05, 4.69) is 4.98 Å². The highest BCUT2D eigenvalue weighted by atomic mass is 19.4. The molecule has 1 heterocycles. The van der Waals surface area contributed by atoms with E-state index in [1.807, 2.05) is 0 Å². The molecule has 30 heavy (non-hydrogen) atoms. The number of aromatic carboxylic acids is 1. The number of nitrogens with zero attached hydrogens (tertiary/aromatic N) is 2. The molecule has 0 aliphatic carbocycles. The van der Waals surface area contributed by atoms with Gasteiger partial charge in [0.1, 0.15) is 18.1 Å². The Bertz CT molecular complexity index is 1090. The summed E-state index contributed by atoms with van der Waals surface area (Å²) in [5.74, 6) is -5.81. The van der Waals surface area contributed by atoms with E-state index in [1.165, 1.54) is 0 Å². The van der Waals surface area contributed by atoms with Crippen molar-refractivity contribution in [1.82, 2.24) is 9.55 Å². The van der Waals surface area contributed by atoms with Crippen molar-refractivity contribution < 1.29 is 41.0 Å². The van der Waals surface area contributed by atoms with E-state index in [0.29, 0.717) is 6.07 Å². The van der Waals surface area contributed by atoms with Crippen LogP contribution in [0.4, 0.5) is 26.3 Å². The zero-order valence-electron chi connectivity index (χ0n) is 14.9. The van der Waals surface area contributed by atoms with Crippen molar-refractivity contribution in [3.8, 4) is 5.75 Å². The fraction of sp³-hybridized carbons (Fsp3) is 0.158. The van der Waals surface area contributed by atoms with Gasteiger partial charge in [0.05, 0.1) is 24.6 Å². The minimum Gasteiger partial charge on any atom is -0.486 e. The fourth-order valence-electron chi connectivity index (χ4n) is 2.61. The van der Waals surface area contributed by atoms with Gasteiger partial charge in [-0.2, -0.15) is 17.6 Å². The standard InChI is InChI=1S/C19H12F6N2O3/c20-13-5-12(19(23,24)25)3-1-11(13)8-30-15-4-2-10(16(21)17(15)22)7-27-9-26-6-14(27)18(28)29/h1-6,9H,7-8H2,(H,28,29). The summed E-state index contributed by atoms with van der Waals surface area (Å²) in [6.45, 7) is -0.956. The maximum Gasteiger partial charge on any atom is 0.416 e. The molecule has 5 nitrogen and oxygen atoms in total. The van der Waals surface area contributed by atoms with Gasteiger partial charge in [0.15, 0.2) is 11.6 Å². The van der Waals surface area contributed by atoms with E-state index >= 15 is 0 Å². The molecule has 11 heteroatoms. The normalized spacial score (nSPS) is 11.5. The summed E-state index contributed by atoms with van der Waals surface area (Å²) >= 11 is 0. The zero-order valence-corrected chi connectivity index (χ0v) is 14.9. The predicted molar refractivity (Wildman–Crippen MR) is 90.4 cm³/mol. The second-order valence-electron chi connectivity index (χ2n) is 6.16. The monoisotopic (exact) mass is 430 g/mol. The van der Waals surface area contributed by atoms with Gasteiger partial charge < -0.3 is 14.4 Å². The summed E-state index contributed by atoms with van der Waals surface area (Å²) in [4.78, 5) is 14.7. The van der Waals surface area contributed by atoms with Gasteiger partial charge in [-0.25, -0.2) is 18.6 Å². The summed E-state index contributed by atoms with van der Waals surface area (Å²) in [6, 6.07) is 3.96. The number of rotatable bonds is 6. The lowest BCUT2D eigenvalue weighted by molar-refractivity contribution is -0.137. The molecule has 0 bridgehead atoms. The van der Waals surface area contributed by atoms with Crippen LogP contribution in [0, 0.1) is 17.5 Å². The first-order valence-corrected chi connectivity index (χ1v) is 8.26. The minimum absolute atomic E-state index is 0.193. The second-order valence-corrected chi connectivity index (χ2v) is 6.16. The predicted octanol–water partition coefficient (Wildman–Crippen LogP) is 4.64. The van der Waals surface area contributed by atoms with E-state index in [9.17, 15) is 31.1 Å². The molecule has 1 N–H and O–H groups in total. The van der Waals surface area contributed by atoms with Gasteiger partial charge in [-0.3, -0.25) is 0 Å². The van der Waals surface area contributed by atoms with Gasteiger partial charge in [-0.1, -0.05) is 12.1 Å². The number of benzene rings is 2. The molecule has 0 amide bonds. The number of imidazole rings is 1. The topological polar surface area (TPSA) is 64.3 Å². The van der Waals surface area contributed by atoms with Crippen LogP contribution in [0.3, 0.4) is 0 Å². The zero-order chi connectivity index (χ0) is 22.1. The van der Waals surface area contributed by atoms with Crippen molar-refractivity contribution in [2.45, 2.75) is 19.3 Å². The van der Waals surface area contributed by atoms with Crippen LogP contribution in [0.5, 0.6) is 5.75 Å². The number of halogens is 6. The first kappa shape index (κ1) is 21.2. The lowest BCUT2D eigenvalue weighted by Crippen LogP contribution is -2.11. The Morgan fingerprint density at radius 3 is 2.40 bits per heavy atom. The summed E-state index contributed by atoms with van der Waals surface area (Å²) in [7, 11) is 0. The number of ether oxygens (including phenoxy) is 1. The van der Waals surface area contributed by atoms with E-state index in [1.54, 1.807) is 0 Å². The molecule has 0 unspecified atom stereocenters. The average Bonchev–Trinajstić information content (AvgIpc) is 3.13. The number of carboxylic acid groups (broad SMARTS) is 1. The highest BCUT2D eigenvalue weighted by Gasteiger charge is 2.31. The van der Waals surface area contributed by atoms with Gasteiger partial charge in [0.2, 0.25) is 5.82 Å². The molecule has 2 aromatic carbocycles. The minimum atomic E-state index is -4.72. The van der Waals surface area contributed by atoms with Crippen LogP contribution in [0.1, 0.15) is 27.2 Å². The van der Waals surface area contributed by atoms with Crippen LogP contribution < -0.4 is 4.74 Å². The number of alkyl halides is 3. The van der Waals surface area contributed by atoms with Crippen molar-refractivity contribution in [2.75, 3.05) is 0 Å². The second kappa shape index (κ2) is 8.09. The highest BCUT2D eigenvalue weighted by Crippen LogP contribution is 2.31. The van der Waals surface area contributed by atoms with Crippen LogP contribution in [0.25, 0.3) is 0 Å². The SMILES string of the molecule is O=C(O)c1cncn1Cc1ccc(OCc2ccc(C(F)(F)F)cc2F)c(F)c1F. The molecule has 1 aromatic heterocycles. The van der Waals surface area contributed by atoms with E-state index in [0.717, 1.165) is 35.3 Å². The third-order valence-corrected chi connectivity index (χ3v) is 4.16. The van der Waals surface area contributed by atoms with Crippen molar-refractivity contribution in [3.63, 3.8) is 0 Å². The van der Waals surface area contributed by atoms with E-state index in [-0.39, 0.29) is 29.4 Å². The summed E-state index contributed by atoms with van der Waals surface area (Å²) < 4.78 is 86.3. The van der Waals surface area contributed by atoms with E-state index < -0.39 is 47.5 Å². The molecule has 0 radical (unpaired) electrons. The third-order valence-electron chi connectivity index (χ3n) is 4.16. The maximum atomic E-state index is 14.3. The number of aromatic nitrogens is 2. The highest BCUT2D eigenvalue weighted by molar-refractivity contribution is 5.85. The van der Waals surface area contributed by atoms with Gasteiger partial charge in [-0.15, -0.1) is 0 Å². The molecule has 0 atom stereocenters. The molecule has 0 spiro atoms. The largest absolute Gasteiger partial charge is 0.486 e. The molecule has 0 aliphatic heterocycles. The molecular weight excluding hydrogens is 418 g/mol. The third kappa shape index (κ3) is 4.39. The van der Waals surface area contributed by atoms with Gasteiger partial charge in [0, 0.05) is 11.1 Å². The molecule has 0 aliphatic rings. The number of carbonyl (C=O) groups is 1. The molecule has 3 aromatic rings. The fourth-order valence-corrected chi connectivity index (χ4v) is 2.61. The number of hydrogen-bond donors (Lipinski definition) is 1. The maximum absolute atomic E-state index is 14.3. The Balaban J connectivity index is 1.76. The first-order chi connectivity index (χ1) is 14.1. The van der Waals surface area contributed by atoms with Crippen LogP contribution >= 0.6 is 0 Å². The lowest BCUT2D eigenvalue weighted by atomic mass is 10.1. The molecule has 0 fully saturated rings. The lowest BCUT2D eigenvalue weighted by Gasteiger charge is -2.13. The van der Waals surface area contributed by atoms with Crippen LogP contribution in [-0.2, 0) is 19.3 Å². The first-order valence-electron chi connectivity index (χ1n) is 8.26. The van der Waals surface area contributed by atoms with Crippen molar-refractivity contribution in [2.24, 2.45) is 0 Å². The van der Waals surface area contributed by atoms with Crippen molar-refractivity contribution in [3.05, 3.63) is 82.7 Å². The van der Waals surface area contributed by atoms with Gasteiger partial charge >= 0.3 is 12.1 Å². The van der Waals surface area contributed by atoms with Crippen LogP contribution in [0.2, 0.25) is 0 Å². The van der Waals surface area contributed by atoms with Gasteiger partial charge in [0.25, 0.3) is 0 Å². The summed E-state index contributed by atoms with van der Waals surface area (Å²) in [6.07, 6.45) is -2.54. The Labute approximate surface area is 165 Å². The summed E-state index contributed by atoms with van der Waals surface area (Å²) in [5, 5.41) is 9.02. The quantitative estimate of drug-likeness (QED) is 0.579. The van der Waals surface area contributed by atoms with Crippen LogP contribution in [-0.4, -0.2) is 20.6 Å². The van der Waals surface area contributed by atoms with Gasteiger partial charge in [-0.05, 0) is 18.2 Å².